The van der Waals surface area contributed by atoms with E-state index in [1.807, 2.05) is 30.3 Å². The number of rotatable bonds is 7. The average Bonchev–Trinajstić information content (AvgIpc) is 2.94. The van der Waals surface area contributed by atoms with Gasteiger partial charge >= 0.3 is 0 Å². The Balaban J connectivity index is 1.65. The van der Waals surface area contributed by atoms with Gasteiger partial charge in [-0.05, 0) is 36.5 Å². The minimum atomic E-state index is -3.62. The monoisotopic (exact) mass is 391 g/mol. The Hall–Kier alpha value is -1.76. The molecule has 0 aliphatic carbocycles. The smallest absolute Gasteiger partial charge is 0.243 e. The van der Waals surface area contributed by atoms with E-state index in [4.69, 9.17) is 4.74 Å². The number of sulfonamides is 1. The second kappa shape index (κ2) is 9.44. The number of nitrogens with zero attached hydrogens (tertiary/aromatic N) is 1. The fourth-order valence-corrected chi connectivity index (χ4v) is 5.18. The molecule has 0 saturated carbocycles. The molecule has 27 heavy (non-hydrogen) atoms. The molecular formula is C21H26FNO3S. The van der Waals surface area contributed by atoms with Crippen molar-refractivity contribution < 1.29 is 17.5 Å². The molecule has 0 aromatic heterocycles. The second-order valence-corrected chi connectivity index (χ2v) is 8.71. The van der Waals surface area contributed by atoms with Gasteiger partial charge in [0.2, 0.25) is 10.0 Å². The summed E-state index contributed by atoms with van der Waals surface area (Å²) in [5.41, 5.74) is 1.66. The van der Waals surface area contributed by atoms with Crippen molar-refractivity contribution >= 4 is 10.0 Å². The molecule has 0 spiro atoms. The largest absolute Gasteiger partial charge is 0.373 e. The van der Waals surface area contributed by atoms with Crippen LogP contribution in [-0.2, 0) is 27.8 Å². The van der Waals surface area contributed by atoms with E-state index in [1.165, 1.54) is 4.31 Å². The van der Waals surface area contributed by atoms with E-state index in [2.05, 4.69) is 0 Å². The number of benzene rings is 2. The Bertz CT molecular complexity index is 826. The molecule has 1 fully saturated rings. The van der Waals surface area contributed by atoms with E-state index >= 15 is 0 Å². The topological polar surface area (TPSA) is 46.6 Å². The summed E-state index contributed by atoms with van der Waals surface area (Å²) in [6.45, 7) is 0.864. The summed E-state index contributed by atoms with van der Waals surface area (Å²) in [4.78, 5) is 0.228. The van der Waals surface area contributed by atoms with Gasteiger partial charge < -0.3 is 4.74 Å². The lowest BCUT2D eigenvalue weighted by Gasteiger charge is -2.22. The quantitative estimate of drug-likeness (QED) is 0.718. The number of hydrogen-bond acceptors (Lipinski definition) is 3. The SMILES string of the molecule is O=S(=O)(c1ccccc1CCF)N1CCCC(OCc2ccccc2)CC1. The van der Waals surface area contributed by atoms with Crippen molar-refractivity contribution in [2.24, 2.45) is 0 Å². The van der Waals surface area contributed by atoms with Gasteiger partial charge in [-0.15, -0.1) is 0 Å². The molecule has 4 nitrogen and oxygen atoms in total. The highest BCUT2D eigenvalue weighted by molar-refractivity contribution is 7.89. The van der Waals surface area contributed by atoms with Crippen LogP contribution in [0.1, 0.15) is 30.4 Å². The molecule has 0 amide bonds. The van der Waals surface area contributed by atoms with E-state index in [1.54, 1.807) is 24.3 Å². The summed E-state index contributed by atoms with van der Waals surface area (Å²) < 4.78 is 46.5. The van der Waals surface area contributed by atoms with Crippen LogP contribution in [0.3, 0.4) is 0 Å². The van der Waals surface area contributed by atoms with Gasteiger partial charge in [0.25, 0.3) is 0 Å². The third-order valence-corrected chi connectivity index (χ3v) is 6.92. The molecular weight excluding hydrogens is 365 g/mol. The number of hydrogen-bond donors (Lipinski definition) is 0. The highest BCUT2D eigenvalue weighted by Crippen LogP contribution is 2.25. The van der Waals surface area contributed by atoms with E-state index in [0.717, 1.165) is 18.4 Å². The van der Waals surface area contributed by atoms with Crippen LogP contribution in [0.4, 0.5) is 4.39 Å². The number of halogens is 1. The molecule has 2 aromatic carbocycles. The summed E-state index contributed by atoms with van der Waals surface area (Å²) in [5.74, 6) is 0. The van der Waals surface area contributed by atoms with Crippen LogP contribution >= 0.6 is 0 Å². The highest BCUT2D eigenvalue weighted by Gasteiger charge is 2.29. The first-order valence-electron chi connectivity index (χ1n) is 9.41. The van der Waals surface area contributed by atoms with E-state index in [9.17, 15) is 12.8 Å². The Morgan fingerprint density at radius 1 is 1.00 bits per heavy atom. The van der Waals surface area contributed by atoms with Crippen LogP contribution in [0, 0.1) is 0 Å². The van der Waals surface area contributed by atoms with Crippen molar-refractivity contribution in [2.45, 2.75) is 43.3 Å². The van der Waals surface area contributed by atoms with Crippen molar-refractivity contribution in [1.29, 1.82) is 0 Å². The molecule has 146 valence electrons. The van der Waals surface area contributed by atoms with Gasteiger partial charge in [0.05, 0.1) is 24.3 Å². The second-order valence-electron chi connectivity index (χ2n) is 6.80. The summed E-state index contributed by atoms with van der Waals surface area (Å²) >= 11 is 0. The summed E-state index contributed by atoms with van der Waals surface area (Å²) in [6.07, 6.45) is 2.42. The van der Waals surface area contributed by atoms with Crippen LogP contribution in [0.15, 0.2) is 59.5 Å². The van der Waals surface area contributed by atoms with E-state index < -0.39 is 16.7 Å². The van der Waals surface area contributed by atoms with Crippen LogP contribution in [0.2, 0.25) is 0 Å². The van der Waals surface area contributed by atoms with E-state index in [-0.39, 0.29) is 17.4 Å². The Kier molecular flexibility index (Phi) is 6.99. The first-order valence-corrected chi connectivity index (χ1v) is 10.8. The first-order chi connectivity index (χ1) is 13.1. The number of aryl methyl sites for hydroxylation is 1. The van der Waals surface area contributed by atoms with Gasteiger partial charge in [0.1, 0.15) is 0 Å². The maximum Gasteiger partial charge on any atom is 0.243 e. The molecule has 1 atom stereocenters. The van der Waals surface area contributed by atoms with Crippen molar-refractivity contribution in [3.05, 3.63) is 65.7 Å². The molecule has 2 aromatic rings. The zero-order valence-corrected chi connectivity index (χ0v) is 16.2. The van der Waals surface area contributed by atoms with Crippen LogP contribution in [-0.4, -0.2) is 38.6 Å². The molecule has 1 saturated heterocycles. The van der Waals surface area contributed by atoms with Crippen LogP contribution in [0.25, 0.3) is 0 Å². The lowest BCUT2D eigenvalue weighted by molar-refractivity contribution is 0.0323. The summed E-state index contributed by atoms with van der Waals surface area (Å²) in [7, 11) is -3.62. The Morgan fingerprint density at radius 3 is 2.52 bits per heavy atom. The minimum Gasteiger partial charge on any atom is -0.373 e. The molecule has 6 heteroatoms. The fraction of sp³-hybridized carbons (Fsp3) is 0.429. The molecule has 0 bridgehead atoms. The number of alkyl halides is 1. The minimum absolute atomic E-state index is 0.0477. The Labute approximate surface area is 161 Å². The molecule has 1 heterocycles. The van der Waals surface area contributed by atoms with Crippen LogP contribution in [0.5, 0.6) is 0 Å². The first kappa shape index (κ1) is 20.0. The third-order valence-electron chi connectivity index (χ3n) is 4.92. The predicted octanol–water partition coefficient (Wildman–Crippen LogP) is 3.96. The summed E-state index contributed by atoms with van der Waals surface area (Å²) in [5, 5.41) is 0. The van der Waals surface area contributed by atoms with Gasteiger partial charge in [-0.3, -0.25) is 4.39 Å². The standard InChI is InChI=1S/C21H26FNO3S/c22-14-12-19-9-4-5-11-21(19)27(24,25)23-15-6-10-20(13-16-23)26-17-18-7-2-1-3-8-18/h1-5,7-9,11,20H,6,10,12-17H2. The van der Waals surface area contributed by atoms with Gasteiger partial charge in [-0.1, -0.05) is 48.5 Å². The zero-order valence-electron chi connectivity index (χ0n) is 15.4. The lowest BCUT2D eigenvalue weighted by Crippen LogP contribution is -2.33. The maximum atomic E-state index is 13.1. The molecule has 1 aliphatic rings. The van der Waals surface area contributed by atoms with Crippen molar-refractivity contribution in [3.63, 3.8) is 0 Å². The van der Waals surface area contributed by atoms with Gasteiger partial charge in [-0.25, -0.2) is 8.42 Å². The molecule has 3 rings (SSSR count). The van der Waals surface area contributed by atoms with Gasteiger partial charge in [0.15, 0.2) is 0 Å². The van der Waals surface area contributed by atoms with Crippen LogP contribution < -0.4 is 0 Å². The molecule has 1 aliphatic heterocycles. The average molecular weight is 392 g/mol. The Morgan fingerprint density at radius 2 is 1.74 bits per heavy atom. The normalized spacial score (nSPS) is 18.9. The lowest BCUT2D eigenvalue weighted by atomic mass is 10.1. The molecule has 0 N–H and O–H groups in total. The van der Waals surface area contributed by atoms with E-state index in [0.29, 0.717) is 31.7 Å². The van der Waals surface area contributed by atoms with Crippen molar-refractivity contribution in [3.8, 4) is 0 Å². The fourth-order valence-electron chi connectivity index (χ4n) is 3.44. The number of ether oxygens (including phenoxy) is 1. The van der Waals surface area contributed by atoms with Crippen molar-refractivity contribution in [1.82, 2.24) is 4.31 Å². The zero-order chi connectivity index (χ0) is 19.1. The maximum absolute atomic E-state index is 13.1. The molecule has 0 radical (unpaired) electrons. The van der Waals surface area contributed by atoms with Crippen molar-refractivity contribution in [2.75, 3.05) is 19.8 Å². The molecule has 1 unspecified atom stereocenters. The third kappa shape index (κ3) is 5.15. The van der Waals surface area contributed by atoms with Gasteiger partial charge in [0, 0.05) is 19.5 Å². The summed E-state index contributed by atoms with van der Waals surface area (Å²) in [6, 6.07) is 16.7. The van der Waals surface area contributed by atoms with Gasteiger partial charge in [-0.2, -0.15) is 4.31 Å². The highest BCUT2D eigenvalue weighted by atomic mass is 32.2. The predicted molar refractivity (Wildman–Crippen MR) is 104 cm³/mol.